The summed E-state index contributed by atoms with van der Waals surface area (Å²) in [6.07, 6.45) is 4.97. The van der Waals surface area contributed by atoms with Gasteiger partial charge in [0.1, 0.15) is 0 Å². The molecule has 90 valence electrons. The molecule has 2 heterocycles. The number of aromatic nitrogens is 1. The van der Waals surface area contributed by atoms with Gasteiger partial charge in [0.05, 0.1) is 0 Å². The lowest BCUT2D eigenvalue weighted by Crippen LogP contribution is -2.06. The van der Waals surface area contributed by atoms with E-state index in [4.69, 9.17) is 0 Å². The van der Waals surface area contributed by atoms with E-state index in [0.717, 1.165) is 18.5 Å². The van der Waals surface area contributed by atoms with Crippen LogP contribution >= 0.6 is 11.3 Å². The van der Waals surface area contributed by atoms with Crippen molar-refractivity contribution < 1.29 is 4.79 Å². The van der Waals surface area contributed by atoms with Crippen molar-refractivity contribution in [2.24, 2.45) is 5.92 Å². The number of nitrogens with zero attached hydrogens (tertiary/aromatic N) is 1. The maximum absolute atomic E-state index is 11.8. The number of hydrogen-bond donors (Lipinski definition) is 0. The third kappa shape index (κ3) is 3.07. The molecule has 0 unspecified atom stereocenters. The number of rotatable bonds is 5. The van der Waals surface area contributed by atoms with Crippen LogP contribution in [0.15, 0.2) is 36.0 Å². The smallest absolute Gasteiger partial charge is 0.166 e. The van der Waals surface area contributed by atoms with Gasteiger partial charge in [-0.3, -0.25) is 4.79 Å². The van der Waals surface area contributed by atoms with E-state index in [1.807, 2.05) is 32.3 Å². The summed E-state index contributed by atoms with van der Waals surface area (Å²) in [7, 11) is 0. The molecule has 0 aliphatic carbocycles. The van der Waals surface area contributed by atoms with Crippen LogP contribution in [0.25, 0.3) is 0 Å². The van der Waals surface area contributed by atoms with Gasteiger partial charge in [0.2, 0.25) is 0 Å². The SMILES string of the molecule is CC(C)C(=O)c1ccn(CCc2cccs2)c1. The normalized spacial score (nSPS) is 11.0. The van der Waals surface area contributed by atoms with E-state index in [9.17, 15) is 4.79 Å². The van der Waals surface area contributed by atoms with Crippen molar-refractivity contribution in [2.45, 2.75) is 26.8 Å². The number of ketones is 1. The minimum absolute atomic E-state index is 0.0724. The van der Waals surface area contributed by atoms with E-state index in [2.05, 4.69) is 22.1 Å². The molecule has 0 spiro atoms. The van der Waals surface area contributed by atoms with Crippen molar-refractivity contribution in [3.63, 3.8) is 0 Å². The highest BCUT2D eigenvalue weighted by molar-refractivity contribution is 7.09. The first-order valence-corrected chi connectivity index (χ1v) is 6.77. The first-order valence-electron chi connectivity index (χ1n) is 5.89. The molecule has 3 heteroatoms. The maximum atomic E-state index is 11.8. The standard InChI is InChI=1S/C14H17NOS/c1-11(2)14(16)12-5-7-15(10-12)8-6-13-4-3-9-17-13/h3-5,7,9-11H,6,8H2,1-2H3. The van der Waals surface area contributed by atoms with E-state index in [0.29, 0.717) is 0 Å². The number of aryl methyl sites for hydroxylation is 2. The van der Waals surface area contributed by atoms with Gasteiger partial charge in [0.15, 0.2) is 5.78 Å². The number of Topliss-reactive ketones (excluding diaryl/α,β-unsaturated/α-hetero) is 1. The van der Waals surface area contributed by atoms with Crippen molar-refractivity contribution in [3.05, 3.63) is 46.4 Å². The number of carbonyl (C=O) groups is 1. The van der Waals surface area contributed by atoms with Crippen molar-refractivity contribution in [3.8, 4) is 0 Å². The molecule has 0 saturated carbocycles. The third-order valence-electron chi connectivity index (χ3n) is 2.76. The molecular formula is C14H17NOS. The Morgan fingerprint density at radius 3 is 2.88 bits per heavy atom. The first kappa shape index (κ1) is 12.1. The van der Waals surface area contributed by atoms with Gasteiger partial charge in [-0.1, -0.05) is 19.9 Å². The second-order valence-electron chi connectivity index (χ2n) is 4.49. The van der Waals surface area contributed by atoms with Crippen molar-refractivity contribution in [2.75, 3.05) is 0 Å². The Bertz CT molecular complexity index is 482. The van der Waals surface area contributed by atoms with E-state index < -0.39 is 0 Å². The van der Waals surface area contributed by atoms with Crippen LogP contribution in [0.3, 0.4) is 0 Å². The van der Waals surface area contributed by atoms with Crippen LogP contribution in [-0.2, 0) is 13.0 Å². The summed E-state index contributed by atoms with van der Waals surface area (Å²) < 4.78 is 2.09. The van der Waals surface area contributed by atoms with Gasteiger partial charge in [0, 0.05) is 35.3 Å². The van der Waals surface area contributed by atoms with Gasteiger partial charge in [-0.15, -0.1) is 11.3 Å². The molecule has 2 rings (SSSR count). The quantitative estimate of drug-likeness (QED) is 0.739. The van der Waals surface area contributed by atoms with Crippen LogP contribution < -0.4 is 0 Å². The van der Waals surface area contributed by atoms with Gasteiger partial charge < -0.3 is 4.57 Å². The Hall–Kier alpha value is -1.35. The van der Waals surface area contributed by atoms with E-state index in [-0.39, 0.29) is 11.7 Å². The molecule has 17 heavy (non-hydrogen) atoms. The number of carbonyl (C=O) groups excluding carboxylic acids is 1. The molecule has 2 aromatic heterocycles. The Balaban J connectivity index is 1.97. The molecule has 2 nitrogen and oxygen atoms in total. The highest BCUT2D eigenvalue weighted by Crippen LogP contribution is 2.12. The van der Waals surface area contributed by atoms with Crippen LogP contribution in [0.5, 0.6) is 0 Å². The largest absolute Gasteiger partial charge is 0.353 e. The van der Waals surface area contributed by atoms with Gasteiger partial charge in [-0.05, 0) is 23.9 Å². The molecule has 0 bridgehead atoms. The molecule has 0 aliphatic heterocycles. The molecule has 0 aromatic carbocycles. The summed E-state index contributed by atoms with van der Waals surface area (Å²) in [5.74, 6) is 0.294. The maximum Gasteiger partial charge on any atom is 0.166 e. The molecule has 0 aliphatic rings. The fraction of sp³-hybridized carbons (Fsp3) is 0.357. The fourth-order valence-corrected chi connectivity index (χ4v) is 2.45. The van der Waals surface area contributed by atoms with Crippen molar-refractivity contribution in [1.29, 1.82) is 0 Å². The zero-order valence-corrected chi connectivity index (χ0v) is 11.0. The van der Waals surface area contributed by atoms with Gasteiger partial charge >= 0.3 is 0 Å². The van der Waals surface area contributed by atoms with Crippen LogP contribution in [0.2, 0.25) is 0 Å². The van der Waals surface area contributed by atoms with E-state index in [1.165, 1.54) is 4.88 Å². The lowest BCUT2D eigenvalue weighted by molar-refractivity contribution is 0.0939. The van der Waals surface area contributed by atoms with Crippen LogP contribution in [-0.4, -0.2) is 10.4 Å². The predicted molar refractivity (Wildman–Crippen MR) is 71.6 cm³/mol. The average molecular weight is 247 g/mol. The molecule has 0 radical (unpaired) electrons. The van der Waals surface area contributed by atoms with E-state index in [1.54, 1.807) is 11.3 Å². The minimum Gasteiger partial charge on any atom is -0.353 e. The molecule has 0 saturated heterocycles. The Morgan fingerprint density at radius 1 is 1.41 bits per heavy atom. The minimum atomic E-state index is 0.0724. The molecule has 0 N–H and O–H groups in total. The molecule has 2 aromatic rings. The van der Waals surface area contributed by atoms with Gasteiger partial charge in [0.25, 0.3) is 0 Å². The predicted octanol–water partition coefficient (Wildman–Crippen LogP) is 3.63. The summed E-state index contributed by atoms with van der Waals surface area (Å²) >= 11 is 1.78. The lowest BCUT2D eigenvalue weighted by Gasteiger charge is -2.02. The summed E-state index contributed by atoms with van der Waals surface area (Å²) in [6.45, 7) is 4.81. The van der Waals surface area contributed by atoms with Crippen molar-refractivity contribution in [1.82, 2.24) is 4.57 Å². The zero-order chi connectivity index (χ0) is 12.3. The number of thiophene rings is 1. The van der Waals surface area contributed by atoms with Crippen LogP contribution in [0.4, 0.5) is 0 Å². The Kier molecular flexibility index (Phi) is 3.79. The Morgan fingerprint density at radius 2 is 2.24 bits per heavy atom. The second kappa shape index (κ2) is 5.32. The highest BCUT2D eigenvalue weighted by Gasteiger charge is 2.11. The van der Waals surface area contributed by atoms with Gasteiger partial charge in [-0.25, -0.2) is 0 Å². The average Bonchev–Trinajstić information content (AvgIpc) is 2.96. The summed E-state index contributed by atoms with van der Waals surface area (Å²) in [5, 5.41) is 2.10. The topological polar surface area (TPSA) is 22.0 Å². The lowest BCUT2D eigenvalue weighted by atomic mass is 10.0. The zero-order valence-electron chi connectivity index (χ0n) is 10.2. The molecule has 0 fully saturated rings. The van der Waals surface area contributed by atoms with Crippen LogP contribution in [0, 0.1) is 5.92 Å². The van der Waals surface area contributed by atoms with Gasteiger partial charge in [-0.2, -0.15) is 0 Å². The summed E-state index contributed by atoms with van der Waals surface area (Å²) in [4.78, 5) is 13.2. The monoisotopic (exact) mass is 247 g/mol. The second-order valence-corrected chi connectivity index (χ2v) is 5.52. The first-order chi connectivity index (χ1) is 8.16. The number of hydrogen-bond acceptors (Lipinski definition) is 2. The summed E-state index contributed by atoms with van der Waals surface area (Å²) in [6, 6.07) is 6.13. The molecular weight excluding hydrogens is 230 g/mol. The van der Waals surface area contributed by atoms with Crippen molar-refractivity contribution >= 4 is 17.1 Å². The summed E-state index contributed by atoms with van der Waals surface area (Å²) in [5.41, 5.74) is 0.825. The highest BCUT2D eigenvalue weighted by atomic mass is 32.1. The molecule has 0 atom stereocenters. The van der Waals surface area contributed by atoms with E-state index >= 15 is 0 Å². The third-order valence-corrected chi connectivity index (χ3v) is 3.69. The fourth-order valence-electron chi connectivity index (χ4n) is 1.75. The molecule has 0 amide bonds. The Labute approximate surface area is 106 Å². The van der Waals surface area contributed by atoms with Crippen LogP contribution in [0.1, 0.15) is 29.1 Å².